The molecule has 0 spiro atoms. The Morgan fingerprint density at radius 1 is 1.20 bits per heavy atom. The van der Waals surface area contributed by atoms with Crippen LogP contribution in [0, 0.1) is 0 Å². The number of imidazole rings is 1. The molecule has 0 atom stereocenters. The van der Waals surface area contributed by atoms with Gasteiger partial charge < -0.3 is 15.0 Å². The van der Waals surface area contributed by atoms with E-state index in [0.717, 1.165) is 34.7 Å². The Balaban J connectivity index is 2.28. The van der Waals surface area contributed by atoms with Crippen molar-refractivity contribution < 1.29 is 4.74 Å². The van der Waals surface area contributed by atoms with E-state index in [-0.39, 0.29) is 0 Å². The Kier molecular flexibility index (Phi) is 3.06. The summed E-state index contributed by atoms with van der Waals surface area (Å²) in [5.41, 5.74) is 9.82. The second kappa shape index (κ2) is 4.89. The summed E-state index contributed by atoms with van der Waals surface area (Å²) in [5.74, 6) is 1.66. The Morgan fingerprint density at radius 2 is 2.00 bits per heavy atom. The minimum atomic E-state index is 0.704. The molecule has 3 rings (SSSR count). The summed E-state index contributed by atoms with van der Waals surface area (Å²) in [4.78, 5) is 4.72. The number of nitrogen functional groups attached to an aromatic ring is 1. The van der Waals surface area contributed by atoms with E-state index in [9.17, 15) is 0 Å². The molecule has 0 aliphatic rings. The molecular formula is C16H17N3O. The molecule has 0 fully saturated rings. The van der Waals surface area contributed by atoms with E-state index in [1.807, 2.05) is 36.4 Å². The molecule has 20 heavy (non-hydrogen) atoms. The number of ether oxygens (including phenoxy) is 1. The van der Waals surface area contributed by atoms with Crippen LogP contribution < -0.4 is 10.5 Å². The van der Waals surface area contributed by atoms with Gasteiger partial charge in [-0.25, -0.2) is 4.98 Å². The Labute approximate surface area is 117 Å². The quantitative estimate of drug-likeness (QED) is 0.741. The van der Waals surface area contributed by atoms with Crippen molar-refractivity contribution >= 4 is 16.7 Å². The molecule has 3 aromatic rings. The highest BCUT2D eigenvalue weighted by atomic mass is 16.5. The van der Waals surface area contributed by atoms with Gasteiger partial charge in [0.05, 0.1) is 18.1 Å². The van der Waals surface area contributed by atoms with Crippen LogP contribution in [-0.4, -0.2) is 16.7 Å². The van der Waals surface area contributed by atoms with Gasteiger partial charge >= 0.3 is 0 Å². The Hall–Kier alpha value is -2.49. The third kappa shape index (κ3) is 1.90. The number of methoxy groups -OCH3 is 1. The minimum Gasteiger partial charge on any atom is -0.497 e. The number of aromatic nitrogens is 2. The number of nitrogens with two attached hydrogens (primary N) is 1. The number of hydrogen-bond donors (Lipinski definition) is 1. The zero-order valence-corrected chi connectivity index (χ0v) is 11.6. The van der Waals surface area contributed by atoms with Crippen LogP contribution in [0.2, 0.25) is 0 Å². The molecule has 0 saturated heterocycles. The van der Waals surface area contributed by atoms with Crippen LogP contribution in [0.5, 0.6) is 5.75 Å². The lowest BCUT2D eigenvalue weighted by Gasteiger charge is -2.10. The first kappa shape index (κ1) is 12.5. The molecule has 1 heterocycles. The Bertz CT molecular complexity index is 762. The second-order valence-electron chi connectivity index (χ2n) is 4.62. The topological polar surface area (TPSA) is 53.1 Å². The fraction of sp³-hybridized carbons (Fsp3) is 0.188. The number of para-hydroxylation sites is 2. The maximum absolute atomic E-state index is 6.11. The van der Waals surface area contributed by atoms with Crippen molar-refractivity contribution in [1.82, 2.24) is 9.55 Å². The van der Waals surface area contributed by atoms with Gasteiger partial charge in [-0.15, -0.1) is 0 Å². The van der Waals surface area contributed by atoms with Crippen molar-refractivity contribution in [2.24, 2.45) is 0 Å². The molecule has 2 N–H and O–H groups in total. The van der Waals surface area contributed by atoms with Crippen molar-refractivity contribution in [2.45, 2.75) is 13.5 Å². The summed E-state index contributed by atoms with van der Waals surface area (Å²) in [7, 11) is 1.65. The molecule has 0 radical (unpaired) electrons. The van der Waals surface area contributed by atoms with E-state index in [2.05, 4.69) is 17.6 Å². The van der Waals surface area contributed by atoms with Crippen LogP contribution in [0.1, 0.15) is 6.92 Å². The first-order valence-corrected chi connectivity index (χ1v) is 6.63. The van der Waals surface area contributed by atoms with E-state index in [0.29, 0.717) is 5.69 Å². The fourth-order valence-corrected chi connectivity index (χ4v) is 2.46. The molecule has 0 unspecified atom stereocenters. The third-order valence-corrected chi connectivity index (χ3v) is 3.47. The molecule has 2 aromatic carbocycles. The predicted octanol–water partition coefficient (Wildman–Crippen LogP) is 3.31. The van der Waals surface area contributed by atoms with E-state index >= 15 is 0 Å². The number of aryl methyl sites for hydroxylation is 1. The largest absolute Gasteiger partial charge is 0.497 e. The molecule has 1 aromatic heterocycles. The van der Waals surface area contributed by atoms with Crippen LogP contribution in [0.3, 0.4) is 0 Å². The van der Waals surface area contributed by atoms with Crippen LogP contribution >= 0.6 is 0 Å². The Morgan fingerprint density at radius 3 is 2.75 bits per heavy atom. The summed E-state index contributed by atoms with van der Waals surface area (Å²) in [6.45, 7) is 2.94. The summed E-state index contributed by atoms with van der Waals surface area (Å²) in [6.07, 6.45) is 0. The van der Waals surface area contributed by atoms with Gasteiger partial charge in [-0.05, 0) is 37.3 Å². The van der Waals surface area contributed by atoms with Gasteiger partial charge in [0, 0.05) is 17.8 Å². The summed E-state index contributed by atoms with van der Waals surface area (Å²) < 4.78 is 7.45. The van der Waals surface area contributed by atoms with Gasteiger partial charge in [-0.2, -0.15) is 0 Å². The van der Waals surface area contributed by atoms with E-state index < -0.39 is 0 Å². The molecule has 102 valence electrons. The van der Waals surface area contributed by atoms with Crippen molar-refractivity contribution in [1.29, 1.82) is 0 Å². The van der Waals surface area contributed by atoms with E-state index in [1.54, 1.807) is 7.11 Å². The molecule has 0 amide bonds. The predicted molar refractivity (Wildman–Crippen MR) is 81.8 cm³/mol. The molecule has 4 heteroatoms. The monoisotopic (exact) mass is 267 g/mol. The average molecular weight is 267 g/mol. The van der Waals surface area contributed by atoms with Crippen LogP contribution in [0.4, 0.5) is 5.69 Å². The van der Waals surface area contributed by atoms with Crippen molar-refractivity contribution in [3.63, 3.8) is 0 Å². The van der Waals surface area contributed by atoms with Gasteiger partial charge in [0.1, 0.15) is 11.6 Å². The zero-order chi connectivity index (χ0) is 14.1. The molecule has 0 bridgehead atoms. The van der Waals surface area contributed by atoms with Gasteiger partial charge in [-0.3, -0.25) is 0 Å². The number of anilines is 1. The molecule has 0 aliphatic carbocycles. The standard InChI is InChI=1S/C16H17N3O/c1-3-19-15-7-5-4-6-14(15)18-16(19)12-10-11(20-2)8-9-13(12)17/h4-10H,3,17H2,1-2H3. The summed E-state index contributed by atoms with van der Waals surface area (Å²) >= 11 is 0. The molecule has 0 aliphatic heterocycles. The highest BCUT2D eigenvalue weighted by Crippen LogP contribution is 2.31. The number of fused-ring (bicyclic) bond motifs is 1. The molecule has 0 saturated carbocycles. The molecular weight excluding hydrogens is 250 g/mol. The van der Waals surface area contributed by atoms with Crippen LogP contribution in [-0.2, 0) is 6.54 Å². The van der Waals surface area contributed by atoms with Crippen LogP contribution in [0.15, 0.2) is 42.5 Å². The molecule has 4 nitrogen and oxygen atoms in total. The first-order chi connectivity index (χ1) is 9.74. The second-order valence-corrected chi connectivity index (χ2v) is 4.62. The van der Waals surface area contributed by atoms with Gasteiger partial charge in [0.2, 0.25) is 0 Å². The SMILES string of the molecule is CCn1c(-c2cc(OC)ccc2N)nc2ccccc21. The van der Waals surface area contributed by atoms with Gasteiger partial charge in [0.15, 0.2) is 0 Å². The van der Waals surface area contributed by atoms with Crippen molar-refractivity contribution in [3.05, 3.63) is 42.5 Å². The smallest absolute Gasteiger partial charge is 0.143 e. The zero-order valence-electron chi connectivity index (χ0n) is 11.6. The summed E-state index contributed by atoms with van der Waals surface area (Å²) in [6, 6.07) is 13.8. The summed E-state index contributed by atoms with van der Waals surface area (Å²) in [5, 5.41) is 0. The average Bonchev–Trinajstić information content (AvgIpc) is 2.86. The van der Waals surface area contributed by atoms with Gasteiger partial charge in [-0.1, -0.05) is 12.1 Å². The number of rotatable bonds is 3. The minimum absolute atomic E-state index is 0.704. The lowest BCUT2D eigenvalue weighted by Crippen LogP contribution is -2.00. The van der Waals surface area contributed by atoms with Crippen molar-refractivity contribution in [3.8, 4) is 17.1 Å². The maximum atomic E-state index is 6.11. The lowest BCUT2D eigenvalue weighted by molar-refractivity contribution is 0.415. The van der Waals surface area contributed by atoms with Crippen molar-refractivity contribution in [2.75, 3.05) is 12.8 Å². The maximum Gasteiger partial charge on any atom is 0.143 e. The fourth-order valence-electron chi connectivity index (χ4n) is 2.46. The number of hydrogen-bond acceptors (Lipinski definition) is 3. The lowest BCUT2D eigenvalue weighted by atomic mass is 10.1. The first-order valence-electron chi connectivity index (χ1n) is 6.63. The van der Waals surface area contributed by atoms with Gasteiger partial charge in [0.25, 0.3) is 0 Å². The normalized spacial score (nSPS) is 10.9. The van der Waals surface area contributed by atoms with E-state index in [1.165, 1.54) is 0 Å². The van der Waals surface area contributed by atoms with Crippen LogP contribution in [0.25, 0.3) is 22.4 Å². The third-order valence-electron chi connectivity index (χ3n) is 3.47. The highest BCUT2D eigenvalue weighted by Gasteiger charge is 2.14. The number of benzene rings is 2. The van der Waals surface area contributed by atoms with E-state index in [4.69, 9.17) is 15.5 Å². The number of nitrogens with zero attached hydrogens (tertiary/aromatic N) is 2. The highest BCUT2D eigenvalue weighted by molar-refractivity contribution is 5.84.